The van der Waals surface area contributed by atoms with E-state index in [4.69, 9.17) is 9.47 Å². The molecule has 1 aliphatic rings. The molecule has 1 aromatic rings. The third kappa shape index (κ3) is 4.93. The maximum atomic E-state index is 12.1. The number of likely N-dealkylation sites (tertiary alicyclic amines) is 1. The number of hydrogen-bond donors (Lipinski definition) is 1. The number of benzene rings is 1. The predicted octanol–water partition coefficient (Wildman–Crippen LogP) is 1.34. The molecule has 10 nitrogen and oxygen atoms in total. The average molecular weight is 379 g/mol. The fourth-order valence-corrected chi connectivity index (χ4v) is 2.72. The Hall–Kier alpha value is -3.17. The lowest BCUT2D eigenvalue weighted by Gasteiger charge is -2.20. The van der Waals surface area contributed by atoms with Crippen LogP contribution in [0.15, 0.2) is 18.2 Å². The number of amides is 2. The van der Waals surface area contributed by atoms with Crippen LogP contribution in [0.25, 0.3) is 0 Å². The van der Waals surface area contributed by atoms with Gasteiger partial charge in [-0.05, 0) is 26.0 Å². The molecule has 0 bridgehead atoms. The quantitative estimate of drug-likeness (QED) is 0.430. The summed E-state index contributed by atoms with van der Waals surface area (Å²) in [6.07, 6.45) is 0.0442. The van der Waals surface area contributed by atoms with Crippen molar-refractivity contribution < 1.29 is 28.8 Å². The maximum absolute atomic E-state index is 12.1. The number of carbonyl (C=O) groups excluding carboxylic acids is 3. The van der Waals surface area contributed by atoms with E-state index in [0.717, 1.165) is 0 Å². The second-order valence-corrected chi connectivity index (χ2v) is 6.34. The van der Waals surface area contributed by atoms with Gasteiger partial charge in [-0.3, -0.25) is 24.5 Å². The first-order chi connectivity index (χ1) is 12.7. The van der Waals surface area contributed by atoms with Crippen LogP contribution >= 0.6 is 0 Å². The molecule has 0 aliphatic carbocycles. The van der Waals surface area contributed by atoms with Crippen molar-refractivity contribution in [3.63, 3.8) is 0 Å². The molecular weight excluding hydrogens is 358 g/mol. The summed E-state index contributed by atoms with van der Waals surface area (Å²) >= 11 is 0. The van der Waals surface area contributed by atoms with Gasteiger partial charge in [0, 0.05) is 19.0 Å². The molecule has 27 heavy (non-hydrogen) atoms. The van der Waals surface area contributed by atoms with Gasteiger partial charge in [0.1, 0.15) is 11.4 Å². The molecule has 0 spiro atoms. The number of nitrogens with zero attached hydrogens (tertiary/aromatic N) is 2. The highest BCUT2D eigenvalue weighted by molar-refractivity contribution is 5.95. The number of carbonyl (C=O) groups is 3. The van der Waals surface area contributed by atoms with E-state index in [2.05, 4.69) is 5.32 Å². The second-order valence-electron chi connectivity index (χ2n) is 6.34. The molecule has 2 rings (SSSR count). The number of nitro groups is 1. The fourth-order valence-electron chi connectivity index (χ4n) is 2.72. The highest BCUT2D eigenvalue weighted by Crippen LogP contribution is 2.29. The van der Waals surface area contributed by atoms with Crippen molar-refractivity contribution in [2.24, 2.45) is 5.92 Å². The lowest BCUT2D eigenvalue weighted by Crippen LogP contribution is -2.33. The first kappa shape index (κ1) is 20.1. The largest absolute Gasteiger partial charge is 0.496 e. The molecule has 1 aromatic carbocycles. The molecule has 1 N–H and O–H groups in total. The minimum atomic E-state index is -0.721. The molecule has 0 radical (unpaired) electrons. The molecule has 1 saturated heterocycles. The number of methoxy groups -OCH3 is 1. The summed E-state index contributed by atoms with van der Waals surface area (Å²) in [6.45, 7) is 3.34. The summed E-state index contributed by atoms with van der Waals surface area (Å²) in [4.78, 5) is 47.9. The van der Waals surface area contributed by atoms with Gasteiger partial charge in [-0.2, -0.15) is 0 Å². The maximum Gasteiger partial charge on any atom is 0.311 e. The number of esters is 1. The van der Waals surface area contributed by atoms with E-state index >= 15 is 0 Å². The van der Waals surface area contributed by atoms with Crippen molar-refractivity contribution >= 4 is 29.2 Å². The predicted molar refractivity (Wildman–Crippen MR) is 94.2 cm³/mol. The van der Waals surface area contributed by atoms with Crippen LogP contribution in [0.4, 0.5) is 11.4 Å². The first-order valence-electron chi connectivity index (χ1n) is 8.31. The highest BCUT2D eigenvalue weighted by Gasteiger charge is 2.36. The van der Waals surface area contributed by atoms with Crippen LogP contribution in [0.2, 0.25) is 0 Å². The molecule has 1 unspecified atom stereocenters. The molecule has 1 heterocycles. The van der Waals surface area contributed by atoms with Gasteiger partial charge < -0.3 is 19.7 Å². The van der Waals surface area contributed by atoms with Crippen LogP contribution in [0.5, 0.6) is 5.75 Å². The normalized spacial score (nSPS) is 16.4. The van der Waals surface area contributed by atoms with Crippen molar-refractivity contribution in [3.8, 4) is 5.75 Å². The third-order valence-corrected chi connectivity index (χ3v) is 4.14. The number of nitrogens with one attached hydrogen (secondary N) is 1. The standard InChI is InChI=1S/C17H21N3O7/c1-10(2)19-8-11(6-16(19)22)17(23)27-9-15(21)18-13-5-4-12(26-3)7-14(13)20(24)25/h4-5,7,10-11H,6,8-9H2,1-3H3,(H,18,21). The molecule has 146 valence electrons. The fraction of sp³-hybridized carbons (Fsp3) is 0.471. The summed E-state index contributed by atoms with van der Waals surface area (Å²) in [5.41, 5.74) is -0.383. The van der Waals surface area contributed by atoms with Crippen LogP contribution in [-0.2, 0) is 19.1 Å². The topological polar surface area (TPSA) is 128 Å². The monoisotopic (exact) mass is 379 g/mol. The molecule has 2 amide bonds. The van der Waals surface area contributed by atoms with Gasteiger partial charge in [0.2, 0.25) is 5.91 Å². The second kappa shape index (κ2) is 8.47. The van der Waals surface area contributed by atoms with Gasteiger partial charge in [0.05, 0.1) is 24.0 Å². The van der Waals surface area contributed by atoms with Crippen molar-refractivity contribution in [2.75, 3.05) is 25.6 Å². The van der Waals surface area contributed by atoms with Crippen molar-refractivity contribution in [2.45, 2.75) is 26.3 Å². The number of nitro benzene ring substituents is 1. The van der Waals surface area contributed by atoms with Crippen LogP contribution in [0.3, 0.4) is 0 Å². The van der Waals surface area contributed by atoms with E-state index in [1.807, 2.05) is 13.8 Å². The summed E-state index contributed by atoms with van der Waals surface area (Å²) in [5.74, 6) is -1.85. The van der Waals surface area contributed by atoms with E-state index in [0.29, 0.717) is 0 Å². The number of anilines is 1. The van der Waals surface area contributed by atoms with Crippen LogP contribution in [-0.4, -0.2) is 53.9 Å². The van der Waals surface area contributed by atoms with Gasteiger partial charge in [-0.1, -0.05) is 0 Å². The SMILES string of the molecule is COc1ccc(NC(=O)COC(=O)C2CC(=O)N(C(C)C)C2)c([N+](=O)[O-])c1. The van der Waals surface area contributed by atoms with Crippen molar-refractivity contribution in [3.05, 3.63) is 28.3 Å². The van der Waals surface area contributed by atoms with E-state index in [1.165, 1.54) is 25.3 Å². The zero-order valence-corrected chi connectivity index (χ0v) is 15.3. The molecule has 0 aromatic heterocycles. The molecule has 0 saturated carbocycles. The Balaban J connectivity index is 1.92. The lowest BCUT2D eigenvalue weighted by molar-refractivity contribution is -0.384. The van der Waals surface area contributed by atoms with Gasteiger partial charge in [0.15, 0.2) is 6.61 Å². The third-order valence-electron chi connectivity index (χ3n) is 4.14. The number of ether oxygens (including phenoxy) is 2. The zero-order valence-electron chi connectivity index (χ0n) is 15.3. The molecule has 10 heteroatoms. The Labute approximate surface area is 155 Å². The summed E-state index contributed by atoms with van der Waals surface area (Å²) < 4.78 is 9.87. The minimum Gasteiger partial charge on any atom is -0.496 e. The van der Waals surface area contributed by atoms with Crippen molar-refractivity contribution in [1.29, 1.82) is 0 Å². The van der Waals surface area contributed by atoms with Gasteiger partial charge >= 0.3 is 5.97 Å². The van der Waals surface area contributed by atoms with Crippen LogP contribution in [0.1, 0.15) is 20.3 Å². The van der Waals surface area contributed by atoms with E-state index in [1.54, 1.807) is 4.90 Å². The highest BCUT2D eigenvalue weighted by atomic mass is 16.6. The first-order valence-corrected chi connectivity index (χ1v) is 8.31. The van der Waals surface area contributed by atoms with Crippen LogP contribution < -0.4 is 10.1 Å². The Morgan fingerprint density at radius 3 is 2.67 bits per heavy atom. The summed E-state index contributed by atoms with van der Waals surface area (Å²) in [5, 5.41) is 13.4. The Morgan fingerprint density at radius 2 is 2.11 bits per heavy atom. The van der Waals surface area contributed by atoms with E-state index < -0.39 is 29.3 Å². The molecular formula is C17H21N3O7. The minimum absolute atomic E-state index is 0.0192. The van der Waals surface area contributed by atoms with Gasteiger partial charge in [0.25, 0.3) is 11.6 Å². The Kier molecular flexibility index (Phi) is 6.32. The van der Waals surface area contributed by atoms with Gasteiger partial charge in [-0.25, -0.2) is 0 Å². The van der Waals surface area contributed by atoms with Crippen molar-refractivity contribution in [1.82, 2.24) is 4.90 Å². The Morgan fingerprint density at radius 1 is 1.41 bits per heavy atom. The molecule has 1 fully saturated rings. The average Bonchev–Trinajstić information content (AvgIpc) is 3.02. The van der Waals surface area contributed by atoms with Crippen LogP contribution in [0, 0.1) is 16.0 Å². The molecule has 1 aliphatic heterocycles. The smallest absolute Gasteiger partial charge is 0.311 e. The number of hydrogen-bond acceptors (Lipinski definition) is 7. The van der Waals surface area contributed by atoms with E-state index in [9.17, 15) is 24.5 Å². The van der Waals surface area contributed by atoms with E-state index in [-0.39, 0.29) is 42.0 Å². The Bertz CT molecular complexity index is 763. The lowest BCUT2D eigenvalue weighted by atomic mass is 10.1. The van der Waals surface area contributed by atoms with Gasteiger partial charge in [-0.15, -0.1) is 0 Å². The number of rotatable bonds is 7. The summed E-state index contributed by atoms with van der Waals surface area (Å²) in [7, 11) is 1.37. The zero-order chi connectivity index (χ0) is 20.1. The summed E-state index contributed by atoms with van der Waals surface area (Å²) in [6, 6.07) is 3.94. The molecule has 1 atom stereocenters.